The van der Waals surface area contributed by atoms with Crippen LogP contribution in [0.3, 0.4) is 0 Å². The maximum absolute atomic E-state index is 12.0. The van der Waals surface area contributed by atoms with Gasteiger partial charge in [-0.25, -0.2) is 4.98 Å². The number of ether oxygens (including phenoxy) is 1. The number of hydrogen-bond acceptors (Lipinski definition) is 4. The van der Waals surface area contributed by atoms with Crippen LogP contribution in [0.4, 0.5) is 0 Å². The van der Waals surface area contributed by atoms with Gasteiger partial charge in [-0.1, -0.05) is 48.9 Å². The van der Waals surface area contributed by atoms with Crippen molar-refractivity contribution in [2.45, 2.75) is 45.6 Å². The van der Waals surface area contributed by atoms with Crippen LogP contribution >= 0.6 is 0 Å². The number of hydrogen-bond donors (Lipinski definition) is 1. The second-order valence-electron chi connectivity index (χ2n) is 7.23. The fourth-order valence-corrected chi connectivity index (χ4v) is 3.48. The number of rotatable bonds is 11. The summed E-state index contributed by atoms with van der Waals surface area (Å²) in [6, 6.07) is 17.6. The molecule has 1 N–H and O–H groups in total. The normalized spacial score (nSPS) is 10.8. The van der Waals surface area contributed by atoms with Gasteiger partial charge in [0.15, 0.2) is 0 Å². The first-order valence-corrected chi connectivity index (χ1v) is 10.6. The van der Waals surface area contributed by atoms with Crippen molar-refractivity contribution in [3.05, 3.63) is 66.0 Å². The summed E-state index contributed by atoms with van der Waals surface area (Å²) in [7, 11) is 0. The van der Waals surface area contributed by atoms with Crippen LogP contribution in [-0.4, -0.2) is 34.6 Å². The second kappa shape index (κ2) is 11.1. The summed E-state index contributed by atoms with van der Waals surface area (Å²) >= 11 is 0. The highest BCUT2D eigenvalue weighted by Gasteiger charge is 2.14. The predicted molar refractivity (Wildman–Crippen MR) is 117 cm³/mol. The van der Waals surface area contributed by atoms with Crippen molar-refractivity contribution in [3.63, 3.8) is 0 Å². The van der Waals surface area contributed by atoms with Crippen molar-refractivity contribution in [1.29, 1.82) is 0 Å². The monoisotopic (exact) mass is 407 g/mol. The molecule has 1 aromatic heterocycles. The summed E-state index contributed by atoms with van der Waals surface area (Å²) in [6.07, 6.45) is 4.04. The van der Waals surface area contributed by atoms with Crippen LogP contribution in [0, 0.1) is 0 Å². The zero-order valence-corrected chi connectivity index (χ0v) is 17.5. The molecule has 30 heavy (non-hydrogen) atoms. The van der Waals surface area contributed by atoms with Gasteiger partial charge >= 0.3 is 5.97 Å². The van der Waals surface area contributed by atoms with Crippen molar-refractivity contribution in [3.8, 4) is 0 Å². The van der Waals surface area contributed by atoms with Gasteiger partial charge < -0.3 is 14.6 Å². The number of carbonyl (C=O) groups excluding carboxylic acids is 2. The lowest BCUT2D eigenvalue weighted by atomic mass is 10.1. The van der Waals surface area contributed by atoms with Gasteiger partial charge in [0.1, 0.15) is 12.4 Å². The van der Waals surface area contributed by atoms with E-state index >= 15 is 0 Å². The van der Waals surface area contributed by atoms with E-state index < -0.39 is 0 Å². The number of esters is 1. The van der Waals surface area contributed by atoms with E-state index in [9.17, 15) is 9.59 Å². The first kappa shape index (κ1) is 21.6. The zero-order valence-electron chi connectivity index (χ0n) is 17.5. The molecule has 1 heterocycles. The minimum Gasteiger partial charge on any atom is -0.465 e. The third-order valence-corrected chi connectivity index (χ3v) is 4.93. The third-order valence-electron chi connectivity index (χ3n) is 4.93. The Morgan fingerprint density at radius 1 is 1.00 bits per heavy atom. The van der Waals surface area contributed by atoms with Gasteiger partial charge in [0.25, 0.3) is 0 Å². The van der Waals surface area contributed by atoms with Crippen molar-refractivity contribution in [2.75, 3.05) is 13.2 Å². The van der Waals surface area contributed by atoms with Crippen LogP contribution in [0.1, 0.15) is 37.6 Å². The Morgan fingerprint density at radius 3 is 2.57 bits per heavy atom. The molecule has 0 bridgehead atoms. The molecule has 3 aromatic rings. The van der Waals surface area contributed by atoms with Crippen molar-refractivity contribution in [2.24, 2.45) is 0 Å². The maximum Gasteiger partial charge on any atom is 0.326 e. The summed E-state index contributed by atoms with van der Waals surface area (Å²) in [5.41, 5.74) is 2.87. The largest absolute Gasteiger partial charge is 0.465 e. The molecule has 0 saturated carbocycles. The number of fused-ring (bicyclic) bond motifs is 1. The van der Waals surface area contributed by atoms with E-state index in [1.165, 1.54) is 0 Å². The van der Waals surface area contributed by atoms with Gasteiger partial charge in [-0.2, -0.15) is 0 Å². The molecule has 6 heteroatoms. The number of aromatic nitrogens is 2. The number of carbonyl (C=O) groups is 2. The highest BCUT2D eigenvalue weighted by Crippen LogP contribution is 2.18. The molecule has 0 aliphatic carbocycles. The molecule has 0 radical (unpaired) electrons. The van der Waals surface area contributed by atoms with Crippen molar-refractivity contribution in [1.82, 2.24) is 14.9 Å². The van der Waals surface area contributed by atoms with Crippen LogP contribution in [0.15, 0.2) is 54.6 Å². The van der Waals surface area contributed by atoms with Crippen LogP contribution in [-0.2, 0) is 33.7 Å². The van der Waals surface area contributed by atoms with Gasteiger partial charge in [-0.3, -0.25) is 9.59 Å². The predicted octanol–water partition coefficient (Wildman–Crippen LogP) is 3.67. The van der Waals surface area contributed by atoms with Gasteiger partial charge in [0, 0.05) is 13.0 Å². The topological polar surface area (TPSA) is 73.2 Å². The van der Waals surface area contributed by atoms with Crippen LogP contribution < -0.4 is 5.32 Å². The van der Waals surface area contributed by atoms with Crippen molar-refractivity contribution < 1.29 is 14.3 Å². The first-order chi connectivity index (χ1) is 14.7. The highest BCUT2D eigenvalue weighted by atomic mass is 16.5. The van der Waals surface area contributed by atoms with Gasteiger partial charge in [0.05, 0.1) is 24.1 Å². The maximum atomic E-state index is 12.0. The SMILES string of the molecule is CCOC(=O)Cn1c(CCCCCNC(=O)Cc2ccccc2)nc2ccccc21. The fraction of sp³-hybridized carbons (Fsp3) is 0.375. The lowest BCUT2D eigenvalue weighted by molar-refractivity contribution is -0.143. The lowest BCUT2D eigenvalue weighted by Gasteiger charge is -2.09. The molecule has 1 amide bonds. The smallest absolute Gasteiger partial charge is 0.326 e. The molecule has 0 unspecified atom stereocenters. The number of amides is 1. The molecule has 0 spiro atoms. The molecular formula is C24H29N3O3. The number of para-hydroxylation sites is 2. The minimum absolute atomic E-state index is 0.0532. The van der Waals surface area contributed by atoms with E-state index in [-0.39, 0.29) is 18.4 Å². The minimum atomic E-state index is -0.247. The van der Waals surface area contributed by atoms with Crippen molar-refractivity contribution >= 4 is 22.9 Å². The summed E-state index contributed by atoms with van der Waals surface area (Å²) in [5, 5.41) is 2.98. The number of unbranched alkanes of at least 4 members (excludes halogenated alkanes) is 2. The third kappa shape index (κ3) is 6.17. The summed E-state index contributed by atoms with van der Waals surface area (Å²) < 4.78 is 7.07. The van der Waals surface area contributed by atoms with Gasteiger partial charge in [-0.15, -0.1) is 0 Å². The van der Waals surface area contributed by atoms with E-state index in [1.807, 2.05) is 66.1 Å². The number of nitrogens with zero attached hydrogens (tertiary/aromatic N) is 2. The summed E-state index contributed by atoms with van der Waals surface area (Å²) in [5.74, 6) is 0.706. The van der Waals surface area contributed by atoms with Crippen LogP contribution in [0.2, 0.25) is 0 Å². The number of benzene rings is 2. The molecular weight excluding hydrogens is 378 g/mol. The number of imidazole rings is 1. The Morgan fingerprint density at radius 2 is 1.77 bits per heavy atom. The molecule has 0 fully saturated rings. The van der Waals surface area contributed by atoms with Gasteiger partial charge in [-0.05, 0) is 37.5 Å². The Hall–Kier alpha value is -3.15. The average molecular weight is 408 g/mol. The zero-order chi connectivity index (χ0) is 21.2. The first-order valence-electron chi connectivity index (χ1n) is 10.6. The molecule has 2 aromatic carbocycles. The Kier molecular flexibility index (Phi) is 8.01. The van der Waals surface area contributed by atoms with E-state index in [0.717, 1.165) is 48.1 Å². The second-order valence-corrected chi connectivity index (χ2v) is 7.23. The summed E-state index contributed by atoms with van der Waals surface area (Å²) in [6.45, 7) is 3.03. The van der Waals surface area contributed by atoms with E-state index in [2.05, 4.69) is 5.32 Å². The van der Waals surface area contributed by atoms with Gasteiger partial charge in [0.2, 0.25) is 5.91 Å². The molecule has 0 atom stereocenters. The van der Waals surface area contributed by atoms with Crippen LogP contribution in [0.25, 0.3) is 11.0 Å². The fourth-order valence-electron chi connectivity index (χ4n) is 3.48. The molecule has 0 aliphatic rings. The molecule has 3 rings (SSSR count). The summed E-state index contributed by atoms with van der Waals surface area (Å²) in [4.78, 5) is 28.7. The van der Waals surface area contributed by atoms with E-state index in [1.54, 1.807) is 0 Å². The standard InChI is InChI=1S/C24H29N3O3/c1-2-30-24(29)18-27-21-14-9-8-13-20(21)26-22(27)15-7-4-10-16-25-23(28)17-19-11-5-3-6-12-19/h3,5-6,8-9,11-14H,2,4,7,10,15-18H2,1H3,(H,25,28). The Bertz CT molecular complexity index is 966. The molecule has 0 aliphatic heterocycles. The number of aryl methyl sites for hydroxylation is 1. The van der Waals surface area contributed by atoms with E-state index in [4.69, 9.17) is 9.72 Å². The van der Waals surface area contributed by atoms with E-state index in [0.29, 0.717) is 19.6 Å². The lowest BCUT2D eigenvalue weighted by Crippen LogP contribution is -2.26. The Balaban J connectivity index is 1.45. The number of nitrogens with one attached hydrogen (secondary N) is 1. The molecule has 0 saturated heterocycles. The quantitative estimate of drug-likeness (QED) is 0.389. The molecule has 158 valence electrons. The van der Waals surface area contributed by atoms with Crippen LogP contribution in [0.5, 0.6) is 0 Å². The average Bonchev–Trinajstić information content (AvgIpc) is 3.09. The molecule has 6 nitrogen and oxygen atoms in total. The Labute approximate surface area is 177 Å². The highest BCUT2D eigenvalue weighted by molar-refractivity contribution is 5.79.